The first-order valence-electron chi connectivity index (χ1n) is 5.94. The maximum atomic E-state index is 11.9. The van der Waals surface area contributed by atoms with Crippen molar-refractivity contribution in [2.75, 3.05) is 11.9 Å². The van der Waals surface area contributed by atoms with Gasteiger partial charge in [0.05, 0.1) is 9.82 Å². The lowest BCUT2D eigenvalue weighted by atomic mass is 10.2. The molecule has 1 N–H and O–H groups in total. The van der Waals surface area contributed by atoms with Crippen LogP contribution in [0.3, 0.4) is 0 Å². The smallest absolute Gasteiger partial charge is 0.294 e. The van der Waals surface area contributed by atoms with Gasteiger partial charge in [0.2, 0.25) is 0 Å². The molecule has 114 valence electrons. The molecule has 1 atom stereocenters. The van der Waals surface area contributed by atoms with Gasteiger partial charge in [-0.1, -0.05) is 0 Å². The lowest BCUT2D eigenvalue weighted by Crippen LogP contribution is -2.27. The summed E-state index contributed by atoms with van der Waals surface area (Å²) in [5.41, 5.74) is -0.660. The summed E-state index contributed by atoms with van der Waals surface area (Å²) in [5, 5.41) is 13.4. The van der Waals surface area contributed by atoms with Crippen LogP contribution in [0, 0.1) is 10.1 Å². The van der Waals surface area contributed by atoms with Gasteiger partial charge in [-0.05, 0) is 25.0 Å². The minimum absolute atomic E-state index is 0.107. The number of carbonyl (C=O) groups is 1. The van der Waals surface area contributed by atoms with E-state index in [1.807, 2.05) is 0 Å². The first-order valence-corrected chi connectivity index (χ1v) is 8.25. The zero-order chi connectivity index (χ0) is 15.6. The molecule has 10 heteroatoms. The zero-order valence-electron chi connectivity index (χ0n) is 10.6. The molecule has 1 amide bonds. The van der Waals surface area contributed by atoms with Crippen molar-refractivity contribution >= 4 is 37.0 Å². The second-order valence-electron chi connectivity index (χ2n) is 4.36. The van der Waals surface area contributed by atoms with Crippen molar-refractivity contribution < 1.29 is 22.9 Å². The Morgan fingerprint density at radius 1 is 1.48 bits per heavy atom. The van der Waals surface area contributed by atoms with Crippen LogP contribution in [-0.2, 0) is 18.6 Å². The van der Waals surface area contributed by atoms with Crippen LogP contribution in [-0.4, -0.2) is 32.0 Å². The van der Waals surface area contributed by atoms with Gasteiger partial charge in [-0.3, -0.25) is 14.9 Å². The Morgan fingerprint density at radius 2 is 2.19 bits per heavy atom. The molecule has 0 saturated carbocycles. The number of nitrogens with one attached hydrogen (secondary N) is 1. The molecule has 21 heavy (non-hydrogen) atoms. The molecule has 1 aromatic carbocycles. The van der Waals surface area contributed by atoms with Gasteiger partial charge in [-0.2, -0.15) is 0 Å². The van der Waals surface area contributed by atoms with E-state index in [1.165, 1.54) is 0 Å². The van der Waals surface area contributed by atoms with Crippen molar-refractivity contribution in [2.24, 2.45) is 0 Å². The van der Waals surface area contributed by atoms with Gasteiger partial charge >= 0.3 is 0 Å². The molecule has 1 saturated heterocycles. The van der Waals surface area contributed by atoms with E-state index < -0.39 is 36.6 Å². The molecular weight excluding hydrogens is 324 g/mol. The van der Waals surface area contributed by atoms with Crippen LogP contribution in [0.4, 0.5) is 11.4 Å². The molecule has 1 unspecified atom stereocenters. The average Bonchev–Trinajstić information content (AvgIpc) is 2.91. The minimum atomic E-state index is -4.09. The summed E-state index contributed by atoms with van der Waals surface area (Å²) in [7, 11) is 1.05. The number of nitrogens with zero attached hydrogens (tertiary/aromatic N) is 1. The van der Waals surface area contributed by atoms with Gasteiger partial charge in [0, 0.05) is 23.4 Å². The maximum absolute atomic E-state index is 11.9. The molecule has 1 aliphatic heterocycles. The van der Waals surface area contributed by atoms with Crippen molar-refractivity contribution in [1.29, 1.82) is 0 Å². The van der Waals surface area contributed by atoms with Crippen LogP contribution in [0.25, 0.3) is 0 Å². The van der Waals surface area contributed by atoms with E-state index in [1.54, 1.807) is 0 Å². The molecule has 0 radical (unpaired) electrons. The summed E-state index contributed by atoms with van der Waals surface area (Å²) in [6, 6.07) is 3.01. The number of nitro benzene ring substituents is 1. The molecular formula is C11H11ClN2O6S. The van der Waals surface area contributed by atoms with E-state index >= 15 is 0 Å². The average molecular weight is 335 g/mol. The zero-order valence-corrected chi connectivity index (χ0v) is 12.2. The number of halogens is 1. The Balaban J connectivity index is 2.30. The number of nitro groups is 1. The highest BCUT2D eigenvalue weighted by Gasteiger charge is 2.27. The van der Waals surface area contributed by atoms with Gasteiger partial charge in [0.25, 0.3) is 20.6 Å². The highest BCUT2D eigenvalue weighted by atomic mass is 35.7. The Labute approximate surface area is 124 Å². The second kappa shape index (κ2) is 5.96. The van der Waals surface area contributed by atoms with Gasteiger partial charge in [0.15, 0.2) is 0 Å². The van der Waals surface area contributed by atoms with E-state index in [0.717, 1.165) is 24.6 Å². The normalized spacial score (nSPS) is 18.4. The summed E-state index contributed by atoms with van der Waals surface area (Å²) in [4.78, 5) is 21.7. The molecule has 1 aromatic rings. The number of ether oxygens (including phenoxy) is 1. The molecule has 1 heterocycles. The van der Waals surface area contributed by atoms with Crippen LogP contribution in [0.15, 0.2) is 23.1 Å². The summed E-state index contributed by atoms with van der Waals surface area (Å²) in [5.74, 6) is -0.503. The fourth-order valence-electron chi connectivity index (χ4n) is 1.92. The van der Waals surface area contributed by atoms with Crippen LogP contribution in [0.2, 0.25) is 0 Å². The molecule has 8 nitrogen and oxygen atoms in total. The quantitative estimate of drug-likeness (QED) is 0.508. The molecule has 0 aliphatic carbocycles. The summed E-state index contributed by atoms with van der Waals surface area (Å²) in [6.07, 6.45) is 0.623. The number of benzene rings is 1. The second-order valence-corrected chi connectivity index (χ2v) is 6.93. The van der Waals surface area contributed by atoms with Gasteiger partial charge in [0.1, 0.15) is 11.8 Å². The maximum Gasteiger partial charge on any atom is 0.294 e. The third kappa shape index (κ3) is 3.69. The van der Waals surface area contributed by atoms with E-state index in [4.69, 9.17) is 15.4 Å². The number of anilines is 1. The Morgan fingerprint density at radius 3 is 2.71 bits per heavy atom. The molecule has 0 bridgehead atoms. The van der Waals surface area contributed by atoms with E-state index in [0.29, 0.717) is 13.0 Å². The lowest BCUT2D eigenvalue weighted by molar-refractivity contribution is -0.384. The molecule has 0 aromatic heterocycles. The Kier molecular flexibility index (Phi) is 4.45. The molecule has 0 spiro atoms. The first-order chi connectivity index (χ1) is 9.79. The number of carbonyl (C=O) groups excluding carboxylic acids is 1. The SMILES string of the molecule is O=C(Nc1ccc(S(=O)(=O)Cl)cc1[N+](=O)[O-])C1CCCO1. The number of rotatable bonds is 4. The minimum Gasteiger partial charge on any atom is -0.368 e. The number of amides is 1. The van der Waals surface area contributed by atoms with Gasteiger partial charge < -0.3 is 10.1 Å². The molecule has 1 aliphatic rings. The van der Waals surface area contributed by atoms with E-state index in [-0.39, 0.29) is 5.69 Å². The molecule has 1 fully saturated rings. The summed E-state index contributed by atoms with van der Waals surface area (Å²) < 4.78 is 27.5. The van der Waals surface area contributed by atoms with Crippen molar-refractivity contribution in [3.05, 3.63) is 28.3 Å². The highest BCUT2D eigenvalue weighted by Crippen LogP contribution is 2.29. The lowest BCUT2D eigenvalue weighted by Gasteiger charge is -2.11. The third-order valence-corrected chi connectivity index (χ3v) is 4.28. The third-order valence-electron chi connectivity index (χ3n) is 2.93. The summed E-state index contributed by atoms with van der Waals surface area (Å²) in [6.45, 7) is 0.462. The van der Waals surface area contributed by atoms with Crippen LogP contribution >= 0.6 is 10.7 Å². The van der Waals surface area contributed by atoms with Crippen molar-refractivity contribution in [2.45, 2.75) is 23.8 Å². The predicted molar refractivity (Wildman–Crippen MR) is 73.7 cm³/mol. The summed E-state index contributed by atoms with van der Waals surface area (Å²) >= 11 is 0. The Bertz CT molecular complexity index is 684. The predicted octanol–water partition coefficient (Wildman–Crippen LogP) is 1.64. The standard InChI is InChI=1S/C11H11ClN2O6S/c12-21(18,19)7-3-4-8(9(6-7)14(16)17)13-11(15)10-2-1-5-20-10/h3-4,6,10H,1-2,5H2,(H,13,15). The van der Waals surface area contributed by atoms with E-state index in [9.17, 15) is 23.3 Å². The largest absolute Gasteiger partial charge is 0.368 e. The fraction of sp³-hybridized carbons (Fsp3) is 0.364. The van der Waals surface area contributed by atoms with Crippen molar-refractivity contribution in [3.8, 4) is 0 Å². The van der Waals surface area contributed by atoms with Crippen LogP contribution in [0.1, 0.15) is 12.8 Å². The van der Waals surface area contributed by atoms with Crippen LogP contribution in [0.5, 0.6) is 0 Å². The topological polar surface area (TPSA) is 116 Å². The van der Waals surface area contributed by atoms with Crippen LogP contribution < -0.4 is 5.32 Å². The van der Waals surface area contributed by atoms with Crippen molar-refractivity contribution in [3.63, 3.8) is 0 Å². The first kappa shape index (κ1) is 15.7. The van der Waals surface area contributed by atoms with Gasteiger partial charge in [-0.15, -0.1) is 0 Å². The monoisotopic (exact) mass is 334 g/mol. The molecule has 2 rings (SSSR count). The van der Waals surface area contributed by atoms with Gasteiger partial charge in [-0.25, -0.2) is 8.42 Å². The fourth-order valence-corrected chi connectivity index (χ4v) is 2.69. The number of hydrogen-bond donors (Lipinski definition) is 1. The highest BCUT2D eigenvalue weighted by molar-refractivity contribution is 8.13. The Hall–Kier alpha value is -1.71. The number of hydrogen-bond acceptors (Lipinski definition) is 6. The van der Waals surface area contributed by atoms with E-state index in [2.05, 4.69) is 5.32 Å². The van der Waals surface area contributed by atoms with Crippen molar-refractivity contribution in [1.82, 2.24) is 0 Å².